The zero-order valence-electron chi connectivity index (χ0n) is 9.14. The maximum Gasteiger partial charge on any atom is 0.305 e. The lowest BCUT2D eigenvalue weighted by molar-refractivity contribution is -0.140. The van der Waals surface area contributed by atoms with Crippen molar-refractivity contribution in [1.82, 2.24) is 5.32 Å². The third-order valence-electron chi connectivity index (χ3n) is 1.69. The number of nitrogens with one attached hydrogen (secondary N) is 1. The number of unbranched alkanes of at least 4 members (excludes halogenated alkanes) is 1. The highest BCUT2D eigenvalue weighted by Gasteiger charge is 2.07. The van der Waals surface area contributed by atoms with Crippen molar-refractivity contribution in [2.45, 2.75) is 45.6 Å². The smallest absolute Gasteiger partial charge is 0.305 e. The summed E-state index contributed by atoms with van der Waals surface area (Å²) in [7, 11) is 1.43. The predicted octanol–water partition coefficient (Wildman–Crippen LogP) is 1.72. The van der Waals surface area contributed by atoms with Gasteiger partial charge >= 0.3 is 5.97 Å². The van der Waals surface area contributed by atoms with E-state index >= 15 is 0 Å². The van der Waals surface area contributed by atoms with Crippen LogP contribution in [0.25, 0.3) is 0 Å². The van der Waals surface area contributed by atoms with Gasteiger partial charge in [0.05, 0.1) is 7.11 Å². The van der Waals surface area contributed by atoms with Crippen LogP contribution < -0.4 is 5.32 Å². The molecule has 0 aromatic heterocycles. The number of hydrogen-bond acceptors (Lipinski definition) is 3. The van der Waals surface area contributed by atoms with Gasteiger partial charge in [0.1, 0.15) is 0 Å². The molecule has 0 radical (unpaired) electrons. The van der Waals surface area contributed by atoms with Gasteiger partial charge in [0, 0.05) is 12.0 Å². The molecule has 13 heavy (non-hydrogen) atoms. The minimum atomic E-state index is -0.115. The Balaban J connectivity index is 3.22. The van der Waals surface area contributed by atoms with Crippen LogP contribution in [0.3, 0.4) is 0 Å². The van der Waals surface area contributed by atoms with Crippen molar-refractivity contribution in [1.29, 1.82) is 0 Å². The second-order valence-electron chi connectivity index (χ2n) is 4.21. The van der Waals surface area contributed by atoms with E-state index in [0.717, 1.165) is 19.4 Å². The topological polar surface area (TPSA) is 38.3 Å². The highest BCUT2D eigenvalue weighted by Crippen LogP contribution is 2.01. The summed E-state index contributed by atoms with van der Waals surface area (Å²) in [6.45, 7) is 7.36. The standard InChI is InChI=1S/C10H21NO2/c1-10(2,3)11-8-6-5-7-9(12)13-4/h11H,5-8H2,1-4H3. The van der Waals surface area contributed by atoms with E-state index < -0.39 is 0 Å². The normalized spacial score (nSPS) is 11.4. The van der Waals surface area contributed by atoms with Gasteiger partial charge in [-0.3, -0.25) is 4.79 Å². The first-order chi connectivity index (χ1) is 5.95. The Morgan fingerprint density at radius 1 is 1.31 bits per heavy atom. The molecule has 0 spiro atoms. The van der Waals surface area contributed by atoms with Crippen LogP contribution >= 0.6 is 0 Å². The molecule has 0 aliphatic rings. The van der Waals surface area contributed by atoms with Crippen LogP contribution in [-0.2, 0) is 9.53 Å². The molecule has 0 aliphatic heterocycles. The second-order valence-corrected chi connectivity index (χ2v) is 4.21. The molecular formula is C10H21NO2. The lowest BCUT2D eigenvalue weighted by Crippen LogP contribution is -2.36. The Labute approximate surface area is 80.8 Å². The number of ether oxygens (including phenoxy) is 1. The molecule has 0 amide bonds. The van der Waals surface area contributed by atoms with Crippen molar-refractivity contribution in [3.05, 3.63) is 0 Å². The zero-order chi connectivity index (χ0) is 10.3. The van der Waals surface area contributed by atoms with Crippen molar-refractivity contribution >= 4 is 5.97 Å². The monoisotopic (exact) mass is 187 g/mol. The van der Waals surface area contributed by atoms with E-state index in [4.69, 9.17) is 0 Å². The van der Waals surface area contributed by atoms with Crippen molar-refractivity contribution in [3.63, 3.8) is 0 Å². The Hall–Kier alpha value is -0.570. The zero-order valence-corrected chi connectivity index (χ0v) is 9.14. The molecule has 0 aromatic carbocycles. The first kappa shape index (κ1) is 12.4. The Morgan fingerprint density at radius 2 is 1.92 bits per heavy atom. The van der Waals surface area contributed by atoms with Gasteiger partial charge in [-0.05, 0) is 40.2 Å². The summed E-state index contributed by atoms with van der Waals surface area (Å²) in [6, 6.07) is 0. The molecule has 0 saturated heterocycles. The van der Waals surface area contributed by atoms with Crippen LogP contribution in [0.15, 0.2) is 0 Å². The third-order valence-corrected chi connectivity index (χ3v) is 1.69. The molecule has 0 unspecified atom stereocenters. The SMILES string of the molecule is COC(=O)CCCCNC(C)(C)C. The summed E-state index contributed by atoms with van der Waals surface area (Å²) < 4.78 is 4.54. The maximum absolute atomic E-state index is 10.7. The molecule has 0 aliphatic carbocycles. The van der Waals surface area contributed by atoms with Crippen LogP contribution in [0.2, 0.25) is 0 Å². The number of carbonyl (C=O) groups is 1. The molecule has 0 aromatic rings. The molecule has 0 rings (SSSR count). The molecule has 0 fully saturated rings. The quantitative estimate of drug-likeness (QED) is 0.526. The van der Waals surface area contributed by atoms with E-state index in [9.17, 15) is 4.79 Å². The summed E-state index contributed by atoms with van der Waals surface area (Å²) in [6.07, 6.45) is 2.45. The summed E-state index contributed by atoms with van der Waals surface area (Å²) in [5, 5.41) is 3.36. The Kier molecular flexibility index (Phi) is 5.71. The van der Waals surface area contributed by atoms with Gasteiger partial charge in [0.15, 0.2) is 0 Å². The van der Waals surface area contributed by atoms with Crippen molar-refractivity contribution in [3.8, 4) is 0 Å². The van der Waals surface area contributed by atoms with E-state index in [1.165, 1.54) is 7.11 Å². The minimum absolute atomic E-state index is 0.115. The van der Waals surface area contributed by atoms with Crippen LogP contribution in [0.5, 0.6) is 0 Å². The van der Waals surface area contributed by atoms with Gasteiger partial charge in [-0.15, -0.1) is 0 Å². The molecule has 78 valence electrons. The Bertz CT molecular complexity index is 149. The van der Waals surface area contributed by atoms with E-state index in [-0.39, 0.29) is 11.5 Å². The molecular weight excluding hydrogens is 166 g/mol. The van der Waals surface area contributed by atoms with Gasteiger partial charge in [-0.2, -0.15) is 0 Å². The van der Waals surface area contributed by atoms with Crippen LogP contribution in [-0.4, -0.2) is 25.2 Å². The highest BCUT2D eigenvalue weighted by molar-refractivity contribution is 5.68. The summed E-state index contributed by atoms with van der Waals surface area (Å²) >= 11 is 0. The van der Waals surface area contributed by atoms with E-state index in [0.29, 0.717) is 6.42 Å². The number of carbonyl (C=O) groups excluding carboxylic acids is 1. The third kappa shape index (κ3) is 9.34. The lowest BCUT2D eigenvalue weighted by Gasteiger charge is -2.20. The summed E-state index contributed by atoms with van der Waals surface area (Å²) in [4.78, 5) is 10.7. The van der Waals surface area contributed by atoms with Crippen molar-refractivity contribution in [2.24, 2.45) is 0 Å². The molecule has 0 heterocycles. The number of rotatable bonds is 5. The maximum atomic E-state index is 10.7. The summed E-state index contributed by atoms with van der Waals surface area (Å²) in [5.41, 5.74) is 0.172. The van der Waals surface area contributed by atoms with Gasteiger partial charge in [-0.1, -0.05) is 0 Å². The lowest BCUT2D eigenvalue weighted by atomic mass is 10.1. The minimum Gasteiger partial charge on any atom is -0.469 e. The van der Waals surface area contributed by atoms with Crippen LogP contribution in [0.1, 0.15) is 40.0 Å². The number of esters is 1. The van der Waals surface area contributed by atoms with Crippen molar-refractivity contribution in [2.75, 3.05) is 13.7 Å². The Morgan fingerprint density at radius 3 is 2.38 bits per heavy atom. The van der Waals surface area contributed by atoms with Gasteiger partial charge < -0.3 is 10.1 Å². The van der Waals surface area contributed by atoms with E-state index in [1.807, 2.05) is 0 Å². The largest absolute Gasteiger partial charge is 0.469 e. The molecule has 1 N–H and O–H groups in total. The van der Waals surface area contributed by atoms with Crippen LogP contribution in [0.4, 0.5) is 0 Å². The number of methoxy groups -OCH3 is 1. The molecule has 3 nitrogen and oxygen atoms in total. The first-order valence-electron chi connectivity index (χ1n) is 4.77. The highest BCUT2D eigenvalue weighted by atomic mass is 16.5. The molecule has 3 heteroatoms. The number of hydrogen-bond donors (Lipinski definition) is 1. The van der Waals surface area contributed by atoms with E-state index in [2.05, 4.69) is 30.8 Å². The first-order valence-corrected chi connectivity index (χ1v) is 4.77. The summed E-state index contributed by atoms with van der Waals surface area (Å²) in [5.74, 6) is -0.115. The fraction of sp³-hybridized carbons (Fsp3) is 0.900. The van der Waals surface area contributed by atoms with Gasteiger partial charge in [0.25, 0.3) is 0 Å². The average molecular weight is 187 g/mol. The van der Waals surface area contributed by atoms with Gasteiger partial charge in [0.2, 0.25) is 0 Å². The average Bonchev–Trinajstić information content (AvgIpc) is 2.01. The fourth-order valence-corrected chi connectivity index (χ4v) is 0.960. The van der Waals surface area contributed by atoms with Gasteiger partial charge in [-0.25, -0.2) is 0 Å². The fourth-order valence-electron chi connectivity index (χ4n) is 0.960. The predicted molar refractivity (Wildman–Crippen MR) is 53.6 cm³/mol. The molecule has 0 bridgehead atoms. The van der Waals surface area contributed by atoms with Crippen LogP contribution in [0, 0.1) is 0 Å². The van der Waals surface area contributed by atoms with Crippen molar-refractivity contribution < 1.29 is 9.53 Å². The molecule has 0 saturated carbocycles. The molecule has 0 atom stereocenters. The van der Waals surface area contributed by atoms with E-state index in [1.54, 1.807) is 0 Å². The second kappa shape index (κ2) is 5.97.